The molecule has 0 aromatic carbocycles. The molecular formula is C15H30N2O. The van der Waals surface area contributed by atoms with Crippen LogP contribution in [0.1, 0.15) is 66.7 Å². The standard InChI is InChI=1S/C15H30N2O/c1-6-10-13-16-15(5,9-4)14(18)17(13)11-12(7-2)8-3/h12-13,16H,6-11H2,1-5H3. The molecule has 0 saturated carbocycles. The van der Waals surface area contributed by atoms with Gasteiger partial charge in [-0.2, -0.15) is 0 Å². The summed E-state index contributed by atoms with van der Waals surface area (Å²) >= 11 is 0. The molecule has 0 aromatic rings. The summed E-state index contributed by atoms with van der Waals surface area (Å²) in [6, 6.07) is 0. The normalized spacial score (nSPS) is 28.4. The first-order chi connectivity index (χ1) is 8.52. The Balaban J connectivity index is 2.80. The molecule has 3 nitrogen and oxygen atoms in total. The largest absolute Gasteiger partial charge is 0.325 e. The molecule has 0 radical (unpaired) electrons. The van der Waals surface area contributed by atoms with Crippen LogP contribution in [-0.4, -0.2) is 29.1 Å². The van der Waals surface area contributed by atoms with E-state index in [2.05, 4.69) is 37.9 Å². The smallest absolute Gasteiger partial charge is 0.243 e. The lowest BCUT2D eigenvalue weighted by atomic mass is 9.98. The van der Waals surface area contributed by atoms with Gasteiger partial charge in [-0.25, -0.2) is 0 Å². The van der Waals surface area contributed by atoms with Crippen LogP contribution in [0.15, 0.2) is 0 Å². The highest BCUT2D eigenvalue weighted by atomic mass is 16.2. The molecule has 106 valence electrons. The summed E-state index contributed by atoms with van der Waals surface area (Å²) in [6.45, 7) is 11.7. The van der Waals surface area contributed by atoms with E-state index < -0.39 is 0 Å². The van der Waals surface area contributed by atoms with Crippen molar-refractivity contribution in [3.63, 3.8) is 0 Å². The van der Waals surface area contributed by atoms with Gasteiger partial charge >= 0.3 is 0 Å². The van der Waals surface area contributed by atoms with E-state index in [9.17, 15) is 4.79 Å². The number of carbonyl (C=O) groups is 1. The molecule has 1 aliphatic rings. The molecule has 0 aromatic heterocycles. The predicted octanol–water partition coefficient (Wildman–Crippen LogP) is 3.15. The van der Waals surface area contributed by atoms with E-state index in [1.54, 1.807) is 0 Å². The molecular weight excluding hydrogens is 224 g/mol. The minimum atomic E-state index is -0.341. The zero-order chi connectivity index (χ0) is 13.8. The van der Waals surface area contributed by atoms with E-state index in [0.29, 0.717) is 11.8 Å². The molecule has 0 bridgehead atoms. The summed E-state index contributed by atoms with van der Waals surface area (Å²) in [4.78, 5) is 14.7. The van der Waals surface area contributed by atoms with Crippen molar-refractivity contribution in [2.45, 2.75) is 78.4 Å². The third-order valence-electron chi connectivity index (χ3n) is 4.47. The predicted molar refractivity (Wildman–Crippen MR) is 76.3 cm³/mol. The van der Waals surface area contributed by atoms with Crippen molar-refractivity contribution >= 4 is 5.91 Å². The second kappa shape index (κ2) is 6.55. The quantitative estimate of drug-likeness (QED) is 0.757. The van der Waals surface area contributed by atoms with Crippen molar-refractivity contribution in [3.05, 3.63) is 0 Å². The highest BCUT2D eigenvalue weighted by Crippen LogP contribution is 2.27. The van der Waals surface area contributed by atoms with Crippen molar-refractivity contribution in [3.8, 4) is 0 Å². The Morgan fingerprint density at radius 1 is 1.28 bits per heavy atom. The van der Waals surface area contributed by atoms with E-state index in [1.165, 1.54) is 0 Å². The Hall–Kier alpha value is -0.570. The number of nitrogens with one attached hydrogen (secondary N) is 1. The molecule has 1 rings (SSSR count). The van der Waals surface area contributed by atoms with E-state index in [0.717, 1.165) is 38.6 Å². The first-order valence-corrected chi connectivity index (χ1v) is 7.61. The Morgan fingerprint density at radius 2 is 1.89 bits per heavy atom. The lowest BCUT2D eigenvalue weighted by molar-refractivity contribution is -0.133. The lowest BCUT2D eigenvalue weighted by Crippen LogP contribution is -2.43. The Labute approximate surface area is 112 Å². The molecule has 1 N–H and O–H groups in total. The van der Waals surface area contributed by atoms with Crippen molar-refractivity contribution in [2.75, 3.05) is 6.54 Å². The lowest BCUT2D eigenvalue weighted by Gasteiger charge is -2.27. The number of hydrogen-bond donors (Lipinski definition) is 1. The van der Waals surface area contributed by atoms with Crippen LogP contribution >= 0.6 is 0 Å². The molecule has 1 aliphatic heterocycles. The van der Waals surface area contributed by atoms with Gasteiger partial charge in [-0.05, 0) is 25.7 Å². The third kappa shape index (κ3) is 3.05. The minimum absolute atomic E-state index is 0.244. The van der Waals surface area contributed by atoms with Gasteiger partial charge in [0.2, 0.25) is 5.91 Å². The molecule has 18 heavy (non-hydrogen) atoms. The van der Waals surface area contributed by atoms with Crippen LogP contribution in [0.5, 0.6) is 0 Å². The van der Waals surface area contributed by atoms with Gasteiger partial charge in [0, 0.05) is 6.54 Å². The first kappa shape index (κ1) is 15.5. The number of nitrogens with zero attached hydrogens (tertiary/aromatic N) is 1. The van der Waals surface area contributed by atoms with Crippen molar-refractivity contribution in [1.29, 1.82) is 0 Å². The number of carbonyl (C=O) groups excluding carboxylic acids is 1. The molecule has 0 spiro atoms. The second-order valence-electron chi connectivity index (χ2n) is 5.77. The summed E-state index contributed by atoms with van der Waals surface area (Å²) in [5.74, 6) is 0.935. The maximum atomic E-state index is 12.6. The fraction of sp³-hybridized carbons (Fsp3) is 0.933. The molecule has 1 amide bonds. The van der Waals surface area contributed by atoms with Crippen LogP contribution < -0.4 is 5.32 Å². The Bertz CT molecular complexity index is 276. The Kier molecular flexibility index (Phi) is 5.64. The summed E-state index contributed by atoms with van der Waals surface area (Å²) < 4.78 is 0. The highest BCUT2D eigenvalue weighted by Gasteiger charge is 2.46. The van der Waals surface area contributed by atoms with Crippen LogP contribution in [-0.2, 0) is 4.79 Å². The van der Waals surface area contributed by atoms with Crippen LogP contribution in [0.3, 0.4) is 0 Å². The SMILES string of the molecule is CCCC1NC(C)(CC)C(=O)N1CC(CC)CC. The van der Waals surface area contributed by atoms with Crippen LogP contribution in [0, 0.1) is 5.92 Å². The topological polar surface area (TPSA) is 32.3 Å². The van der Waals surface area contributed by atoms with Gasteiger partial charge in [-0.3, -0.25) is 10.1 Å². The zero-order valence-electron chi connectivity index (χ0n) is 12.8. The van der Waals surface area contributed by atoms with Crippen molar-refractivity contribution < 1.29 is 4.79 Å². The van der Waals surface area contributed by atoms with Gasteiger partial charge in [0.05, 0.1) is 11.7 Å². The van der Waals surface area contributed by atoms with Gasteiger partial charge in [0.25, 0.3) is 0 Å². The molecule has 3 heteroatoms. The van der Waals surface area contributed by atoms with E-state index in [4.69, 9.17) is 0 Å². The van der Waals surface area contributed by atoms with Gasteiger partial charge in [-0.1, -0.05) is 47.0 Å². The number of rotatable bonds is 7. The first-order valence-electron chi connectivity index (χ1n) is 7.61. The van der Waals surface area contributed by atoms with Gasteiger partial charge in [-0.15, -0.1) is 0 Å². The zero-order valence-corrected chi connectivity index (χ0v) is 12.8. The summed E-state index contributed by atoms with van der Waals surface area (Å²) in [7, 11) is 0. The van der Waals surface area contributed by atoms with E-state index >= 15 is 0 Å². The minimum Gasteiger partial charge on any atom is -0.325 e. The van der Waals surface area contributed by atoms with E-state index in [1.807, 2.05) is 6.92 Å². The average Bonchev–Trinajstić information content (AvgIpc) is 2.61. The molecule has 1 saturated heterocycles. The second-order valence-corrected chi connectivity index (χ2v) is 5.77. The molecule has 2 atom stereocenters. The van der Waals surface area contributed by atoms with Gasteiger partial charge < -0.3 is 4.90 Å². The monoisotopic (exact) mass is 254 g/mol. The maximum Gasteiger partial charge on any atom is 0.243 e. The Morgan fingerprint density at radius 3 is 2.33 bits per heavy atom. The fourth-order valence-corrected chi connectivity index (χ4v) is 2.76. The maximum absolute atomic E-state index is 12.6. The molecule has 1 fully saturated rings. The van der Waals surface area contributed by atoms with Crippen molar-refractivity contribution in [1.82, 2.24) is 10.2 Å². The number of hydrogen-bond acceptors (Lipinski definition) is 2. The molecule has 2 unspecified atom stereocenters. The third-order valence-corrected chi connectivity index (χ3v) is 4.47. The molecule has 0 aliphatic carbocycles. The van der Waals surface area contributed by atoms with Crippen molar-refractivity contribution in [2.24, 2.45) is 5.92 Å². The van der Waals surface area contributed by atoms with Gasteiger partial charge in [0.15, 0.2) is 0 Å². The summed E-state index contributed by atoms with van der Waals surface area (Å²) in [5.41, 5.74) is -0.341. The number of amides is 1. The van der Waals surface area contributed by atoms with Gasteiger partial charge in [0.1, 0.15) is 0 Å². The summed E-state index contributed by atoms with van der Waals surface area (Å²) in [5, 5.41) is 3.55. The van der Waals surface area contributed by atoms with Crippen LogP contribution in [0.2, 0.25) is 0 Å². The summed E-state index contributed by atoms with van der Waals surface area (Å²) in [6.07, 6.45) is 5.59. The highest BCUT2D eigenvalue weighted by molar-refractivity contribution is 5.88. The fourth-order valence-electron chi connectivity index (χ4n) is 2.76. The van der Waals surface area contributed by atoms with Crippen LogP contribution in [0.25, 0.3) is 0 Å². The average molecular weight is 254 g/mol. The van der Waals surface area contributed by atoms with Crippen LogP contribution in [0.4, 0.5) is 0 Å². The van der Waals surface area contributed by atoms with E-state index in [-0.39, 0.29) is 11.7 Å². The molecule has 1 heterocycles.